The fraction of sp³-hybridized carbons (Fsp3) is 0.400. The topological polar surface area (TPSA) is 118 Å². The van der Waals surface area contributed by atoms with E-state index in [4.69, 9.17) is 9.47 Å². The first kappa shape index (κ1) is 24.6. The van der Waals surface area contributed by atoms with E-state index in [1.807, 2.05) is 0 Å². The summed E-state index contributed by atoms with van der Waals surface area (Å²) in [5.41, 5.74) is -1.37. The van der Waals surface area contributed by atoms with E-state index in [2.05, 4.69) is 25.6 Å². The molecule has 0 atom stereocenters. The molecule has 3 N–H and O–H groups in total. The van der Waals surface area contributed by atoms with Gasteiger partial charge in [0, 0.05) is 25.6 Å². The number of aromatic nitrogens is 3. The van der Waals surface area contributed by atoms with Crippen LogP contribution in [0.3, 0.4) is 0 Å². The summed E-state index contributed by atoms with van der Waals surface area (Å²) in [7, 11) is -0.629. The van der Waals surface area contributed by atoms with Gasteiger partial charge in [0.1, 0.15) is 17.2 Å². The average molecular weight is 488 g/mol. The summed E-state index contributed by atoms with van der Waals surface area (Å²) in [6.45, 7) is 3.71. The number of hydrogen-bond acceptors (Lipinski definition) is 8. The second kappa shape index (κ2) is 8.71. The number of methoxy groups -OCH3 is 2. The van der Waals surface area contributed by atoms with E-state index in [1.54, 1.807) is 13.8 Å². The molecule has 0 bridgehead atoms. The van der Waals surface area contributed by atoms with E-state index < -0.39 is 27.1 Å². The maximum Gasteiger partial charge on any atom is 0.418 e. The fourth-order valence-corrected chi connectivity index (χ4v) is 3.88. The summed E-state index contributed by atoms with van der Waals surface area (Å²) in [6, 6.07) is 4.16. The van der Waals surface area contributed by atoms with Crippen LogP contribution < -0.4 is 15.4 Å². The van der Waals surface area contributed by atoms with Crippen molar-refractivity contribution >= 4 is 38.3 Å². The van der Waals surface area contributed by atoms with Gasteiger partial charge in [0.2, 0.25) is 5.95 Å². The highest BCUT2D eigenvalue weighted by Gasteiger charge is 2.36. The van der Waals surface area contributed by atoms with Crippen LogP contribution in [-0.4, -0.2) is 56.0 Å². The molecule has 0 aliphatic carbocycles. The highest BCUT2D eigenvalue weighted by molar-refractivity contribution is 7.90. The number of H-pyrrole nitrogens is 1. The monoisotopic (exact) mass is 487 g/mol. The smallest absolute Gasteiger partial charge is 0.418 e. The van der Waals surface area contributed by atoms with Crippen molar-refractivity contribution in [2.45, 2.75) is 30.5 Å². The number of halogens is 3. The molecule has 33 heavy (non-hydrogen) atoms. The van der Waals surface area contributed by atoms with Crippen molar-refractivity contribution in [3.05, 3.63) is 30.0 Å². The zero-order valence-corrected chi connectivity index (χ0v) is 19.4. The lowest BCUT2D eigenvalue weighted by Crippen LogP contribution is -2.36. The van der Waals surface area contributed by atoms with Crippen molar-refractivity contribution in [3.63, 3.8) is 0 Å². The van der Waals surface area contributed by atoms with Gasteiger partial charge in [-0.3, -0.25) is 0 Å². The molecule has 0 spiro atoms. The highest BCUT2D eigenvalue weighted by Crippen LogP contribution is 2.39. The Morgan fingerprint density at radius 1 is 1.15 bits per heavy atom. The third-order valence-corrected chi connectivity index (χ3v) is 5.76. The molecule has 2 heterocycles. The molecule has 9 nitrogen and oxygen atoms in total. The van der Waals surface area contributed by atoms with Crippen molar-refractivity contribution in [3.8, 4) is 5.75 Å². The van der Waals surface area contributed by atoms with Crippen molar-refractivity contribution in [1.82, 2.24) is 15.0 Å². The van der Waals surface area contributed by atoms with Crippen molar-refractivity contribution in [2.75, 3.05) is 37.7 Å². The lowest BCUT2D eigenvalue weighted by atomic mass is 10.1. The minimum atomic E-state index is -4.62. The first-order valence-corrected chi connectivity index (χ1v) is 11.5. The van der Waals surface area contributed by atoms with Crippen LogP contribution in [0.15, 0.2) is 29.3 Å². The Bertz CT molecular complexity index is 1270. The number of sulfone groups is 1. The summed E-state index contributed by atoms with van der Waals surface area (Å²) in [5, 5.41) is 5.67. The van der Waals surface area contributed by atoms with Crippen LogP contribution in [0.1, 0.15) is 19.4 Å². The third-order valence-electron chi connectivity index (χ3n) is 4.65. The lowest BCUT2D eigenvalue weighted by molar-refractivity contribution is -0.136. The van der Waals surface area contributed by atoms with Gasteiger partial charge in [-0.1, -0.05) is 0 Å². The third kappa shape index (κ3) is 5.47. The molecular weight excluding hydrogens is 463 g/mol. The molecule has 3 aromatic rings. The van der Waals surface area contributed by atoms with E-state index >= 15 is 0 Å². The molecule has 0 radical (unpaired) electrons. The number of nitrogens with one attached hydrogen (secondary N) is 3. The summed E-state index contributed by atoms with van der Waals surface area (Å²) in [4.78, 5) is 11.0. The average Bonchev–Trinajstić information content (AvgIpc) is 3.12. The van der Waals surface area contributed by atoms with E-state index in [0.717, 1.165) is 12.5 Å². The second-order valence-corrected chi connectivity index (χ2v) is 10.0. The van der Waals surface area contributed by atoms with E-state index in [0.29, 0.717) is 5.69 Å². The number of benzene rings is 1. The molecule has 0 unspecified atom stereocenters. The SMILES string of the molecule is COCC(C)(C)Nc1nc(Nc2ccc(S(C)(=O)=O)cc2OC)nc2[nH]cc(C(F)(F)F)c12. The van der Waals surface area contributed by atoms with Gasteiger partial charge in [-0.25, -0.2) is 8.42 Å². The molecule has 0 aliphatic heterocycles. The first-order valence-electron chi connectivity index (χ1n) is 9.64. The van der Waals surface area contributed by atoms with Crippen LogP contribution in [0.5, 0.6) is 5.75 Å². The largest absolute Gasteiger partial charge is 0.495 e. The quantitative estimate of drug-likeness (QED) is 0.437. The maximum absolute atomic E-state index is 13.6. The predicted molar refractivity (Wildman–Crippen MR) is 118 cm³/mol. The number of rotatable bonds is 8. The number of anilines is 3. The number of hydrogen-bond donors (Lipinski definition) is 3. The summed E-state index contributed by atoms with van der Waals surface area (Å²) in [6.07, 6.45) is -2.72. The van der Waals surface area contributed by atoms with Gasteiger partial charge < -0.3 is 25.1 Å². The molecule has 2 aromatic heterocycles. The summed E-state index contributed by atoms with van der Waals surface area (Å²) >= 11 is 0. The molecule has 0 amide bonds. The van der Waals surface area contributed by atoms with Crippen LogP contribution in [-0.2, 0) is 20.8 Å². The molecule has 13 heteroatoms. The van der Waals surface area contributed by atoms with Crippen molar-refractivity contribution in [1.29, 1.82) is 0 Å². The number of alkyl halides is 3. The zero-order valence-electron chi connectivity index (χ0n) is 18.6. The Labute approximate surface area is 188 Å². The van der Waals surface area contributed by atoms with Gasteiger partial charge in [0.05, 0.1) is 40.8 Å². The van der Waals surface area contributed by atoms with Gasteiger partial charge >= 0.3 is 6.18 Å². The minimum absolute atomic E-state index is 0.0285. The minimum Gasteiger partial charge on any atom is -0.495 e. The molecule has 1 aromatic carbocycles. The molecule has 180 valence electrons. The Balaban J connectivity index is 2.12. The predicted octanol–water partition coefficient (Wildman–Crippen LogP) is 3.97. The van der Waals surface area contributed by atoms with Crippen LogP contribution in [0.4, 0.5) is 30.6 Å². The number of nitrogens with zero attached hydrogens (tertiary/aromatic N) is 2. The van der Waals surface area contributed by atoms with Gasteiger partial charge in [-0.2, -0.15) is 23.1 Å². The van der Waals surface area contributed by atoms with Crippen LogP contribution in [0.25, 0.3) is 11.0 Å². The molecule has 3 rings (SSSR count). The normalized spacial score (nSPS) is 12.7. The molecular formula is C20H24F3N5O4S. The first-order chi connectivity index (χ1) is 15.2. The van der Waals surface area contributed by atoms with Crippen LogP contribution in [0.2, 0.25) is 0 Å². The number of fused-ring (bicyclic) bond motifs is 1. The van der Waals surface area contributed by atoms with E-state index in [-0.39, 0.29) is 40.1 Å². The lowest BCUT2D eigenvalue weighted by Gasteiger charge is -2.26. The summed E-state index contributed by atoms with van der Waals surface area (Å²) < 4.78 is 74.8. The van der Waals surface area contributed by atoms with Crippen LogP contribution in [0, 0.1) is 0 Å². The van der Waals surface area contributed by atoms with E-state index in [9.17, 15) is 21.6 Å². The molecule has 0 fully saturated rings. The van der Waals surface area contributed by atoms with Gasteiger partial charge in [0.25, 0.3) is 0 Å². The van der Waals surface area contributed by atoms with Crippen molar-refractivity contribution < 1.29 is 31.1 Å². The Kier molecular flexibility index (Phi) is 6.48. The highest BCUT2D eigenvalue weighted by atomic mass is 32.2. The van der Waals surface area contributed by atoms with Crippen molar-refractivity contribution in [2.24, 2.45) is 0 Å². The van der Waals surface area contributed by atoms with Gasteiger partial charge in [0.15, 0.2) is 9.84 Å². The molecule has 0 saturated heterocycles. The molecule has 0 saturated carbocycles. The fourth-order valence-electron chi connectivity index (χ4n) is 3.25. The number of aromatic amines is 1. The van der Waals surface area contributed by atoms with Crippen LogP contribution >= 0.6 is 0 Å². The second-order valence-electron chi connectivity index (χ2n) is 8.02. The van der Waals surface area contributed by atoms with E-state index in [1.165, 1.54) is 32.4 Å². The van der Waals surface area contributed by atoms with Gasteiger partial charge in [-0.15, -0.1) is 0 Å². The zero-order chi connectivity index (χ0) is 24.6. The Morgan fingerprint density at radius 2 is 1.85 bits per heavy atom. The standard InChI is InChI=1S/C20H24F3N5O4S/c1-19(2,10-31-3)28-17-15-12(20(21,22)23)9-24-16(15)26-18(27-17)25-13-7-6-11(33(5,29)30)8-14(13)32-4/h6-9H,10H2,1-5H3,(H3,24,25,26,27,28). The summed E-state index contributed by atoms with van der Waals surface area (Å²) in [5.74, 6) is 0.113. The molecule has 0 aliphatic rings. The maximum atomic E-state index is 13.6. The number of ether oxygens (including phenoxy) is 2. The Morgan fingerprint density at radius 3 is 2.42 bits per heavy atom. The van der Waals surface area contributed by atoms with Gasteiger partial charge in [-0.05, 0) is 26.0 Å². The Hall–Kier alpha value is -3.06.